The molecule has 6 rings (SSSR count). The van der Waals surface area contributed by atoms with Gasteiger partial charge in [0.15, 0.2) is 5.65 Å². The van der Waals surface area contributed by atoms with Gasteiger partial charge in [-0.3, -0.25) is 9.69 Å². The molecule has 0 unspecified atom stereocenters. The summed E-state index contributed by atoms with van der Waals surface area (Å²) < 4.78 is 1.69. The Morgan fingerprint density at radius 2 is 1.89 bits per heavy atom. The van der Waals surface area contributed by atoms with Gasteiger partial charge >= 0.3 is 0 Å². The van der Waals surface area contributed by atoms with Gasteiger partial charge in [0.1, 0.15) is 11.3 Å². The standard InChI is InChI=1S/C28H27N7O/c1-19-6-4-7-20-14-17-31-27(25(19)20)34(23-8-2-3-15-29-18-23)28(36)21-10-12-22(13-11-21)35-26-24(32-33-35)9-5-16-30-26/h4-7,9-14,16-17,23,29H,2-3,8,15,18H2,1H3/t23-/m1/s1. The van der Waals surface area contributed by atoms with Crippen molar-refractivity contribution in [3.63, 3.8) is 0 Å². The van der Waals surface area contributed by atoms with Crippen molar-refractivity contribution in [1.29, 1.82) is 0 Å². The van der Waals surface area contributed by atoms with Gasteiger partial charge in [-0.15, -0.1) is 5.10 Å². The van der Waals surface area contributed by atoms with Gasteiger partial charge in [0.05, 0.1) is 11.7 Å². The topological polar surface area (TPSA) is 88.8 Å². The van der Waals surface area contributed by atoms with Gasteiger partial charge in [0.2, 0.25) is 0 Å². The van der Waals surface area contributed by atoms with Crippen molar-refractivity contribution in [2.45, 2.75) is 32.2 Å². The Bertz CT molecular complexity index is 1530. The van der Waals surface area contributed by atoms with Gasteiger partial charge in [-0.1, -0.05) is 29.8 Å². The van der Waals surface area contributed by atoms with E-state index in [0.717, 1.165) is 65.7 Å². The second kappa shape index (κ2) is 9.47. The van der Waals surface area contributed by atoms with Gasteiger partial charge in [0.25, 0.3) is 5.91 Å². The van der Waals surface area contributed by atoms with E-state index in [1.807, 2.05) is 53.4 Å². The minimum Gasteiger partial charge on any atom is -0.315 e. The molecular formula is C28H27N7O. The van der Waals surface area contributed by atoms with E-state index in [1.165, 1.54) is 0 Å². The van der Waals surface area contributed by atoms with Crippen LogP contribution in [0.4, 0.5) is 5.82 Å². The maximum atomic E-state index is 14.1. The van der Waals surface area contributed by atoms with E-state index in [0.29, 0.717) is 11.2 Å². The number of carbonyl (C=O) groups is 1. The molecule has 36 heavy (non-hydrogen) atoms. The Morgan fingerprint density at radius 1 is 1.00 bits per heavy atom. The molecule has 3 aromatic heterocycles. The molecule has 4 heterocycles. The van der Waals surface area contributed by atoms with Crippen LogP contribution in [0.1, 0.15) is 35.2 Å². The van der Waals surface area contributed by atoms with Crippen molar-refractivity contribution in [2.24, 2.45) is 0 Å². The average Bonchev–Trinajstić information content (AvgIpc) is 3.17. The van der Waals surface area contributed by atoms with Crippen molar-refractivity contribution in [3.05, 3.63) is 84.2 Å². The van der Waals surface area contributed by atoms with Crippen molar-refractivity contribution in [1.82, 2.24) is 30.3 Å². The first-order valence-corrected chi connectivity index (χ1v) is 12.4. The van der Waals surface area contributed by atoms with Crippen LogP contribution in [0.25, 0.3) is 27.6 Å². The van der Waals surface area contributed by atoms with Gasteiger partial charge in [0, 0.05) is 29.9 Å². The predicted molar refractivity (Wildman–Crippen MR) is 140 cm³/mol. The lowest BCUT2D eigenvalue weighted by atomic mass is 10.0. The molecule has 1 fully saturated rings. The first-order valence-electron chi connectivity index (χ1n) is 12.4. The van der Waals surface area contributed by atoms with E-state index in [4.69, 9.17) is 4.98 Å². The van der Waals surface area contributed by atoms with Crippen molar-refractivity contribution < 1.29 is 4.79 Å². The normalized spacial score (nSPS) is 16.2. The fourth-order valence-electron chi connectivity index (χ4n) is 5.05. The third-order valence-corrected chi connectivity index (χ3v) is 6.88. The fourth-order valence-corrected chi connectivity index (χ4v) is 5.05. The molecule has 1 N–H and O–H groups in total. The van der Waals surface area contributed by atoms with Crippen LogP contribution in [0.2, 0.25) is 0 Å². The molecule has 0 saturated carbocycles. The molecule has 2 aromatic carbocycles. The summed E-state index contributed by atoms with van der Waals surface area (Å²) in [5.74, 6) is 0.667. The van der Waals surface area contributed by atoms with Crippen LogP contribution in [-0.2, 0) is 0 Å². The van der Waals surface area contributed by atoms with Crippen LogP contribution in [0.3, 0.4) is 0 Å². The maximum Gasteiger partial charge on any atom is 0.259 e. The highest BCUT2D eigenvalue weighted by atomic mass is 16.2. The highest BCUT2D eigenvalue weighted by Gasteiger charge is 2.30. The number of anilines is 1. The Labute approximate surface area is 209 Å². The lowest BCUT2D eigenvalue weighted by Crippen LogP contribution is -2.46. The molecule has 5 aromatic rings. The summed E-state index contributed by atoms with van der Waals surface area (Å²) >= 11 is 0. The maximum absolute atomic E-state index is 14.1. The van der Waals surface area contributed by atoms with E-state index >= 15 is 0 Å². The fraction of sp³-hybridized carbons (Fsp3) is 0.250. The molecule has 1 saturated heterocycles. The van der Waals surface area contributed by atoms with Crippen molar-refractivity contribution in [3.8, 4) is 5.69 Å². The number of nitrogens with one attached hydrogen (secondary N) is 1. The molecule has 0 bridgehead atoms. The van der Waals surface area contributed by atoms with Crippen LogP contribution in [0.5, 0.6) is 0 Å². The average molecular weight is 478 g/mol. The highest BCUT2D eigenvalue weighted by Crippen LogP contribution is 2.31. The first kappa shape index (κ1) is 22.3. The summed E-state index contributed by atoms with van der Waals surface area (Å²) in [5.41, 5.74) is 3.92. The van der Waals surface area contributed by atoms with Gasteiger partial charge in [-0.2, -0.15) is 4.68 Å². The van der Waals surface area contributed by atoms with Crippen LogP contribution >= 0.6 is 0 Å². The largest absolute Gasteiger partial charge is 0.315 e. The van der Waals surface area contributed by atoms with Gasteiger partial charge < -0.3 is 5.32 Å². The smallest absolute Gasteiger partial charge is 0.259 e. The number of carbonyl (C=O) groups excluding carboxylic acids is 1. The molecule has 1 aliphatic rings. The Kier molecular flexibility index (Phi) is 5.87. The zero-order valence-corrected chi connectivity index (χ0v) is 20.1. The Morgan fingerprint density at radius 3 is 2.78 bits per heavy atom. The molecule has 1 aliphatic heterocycles. The van der Waals surface area contributed by atoms with Crippen LogP contribution in [-0.4, -0.2) is 50.0 Å². The van der Waals surface area contributed by atoms with E-state index in [2.05, 4.69) is 39.7 Å². The summed E-state index contributed by atoms with van der Waals surface area (Å²) in [4.78, 5) is 25.2. The number of amides is 1. The van der Waals surface area contributed by atoms with Crippen LogP contribution in [0, 0.1) is 6.92 Å². The number of aromatic nitrogens is 5. The molecule has 8 nitrogen and oxygen atoms in total. The van der Waals surface area contributed by atoms with E-state index in [1.54, 1.807) is 17.1 Å². The third kappa shape index (κ3) is 3.99. The number of pyridine rings is 2. The monoisotopic (exact) mass is 477 g/mol. The summed E-state index contributed by atoms with van der Waals surface area (Å²) in [6, 6.07) is 19.4. The Balaban J connectivity index is 1.41. The molecule has 1 amide bonds. The number of hydrogen-bond donors (Lipinski definition) is 1. The second-order valence-electron chi connectivity index (χ2n) is 9.23. The first-order chi connectivity index (χ1) is 17.7. The molecule has 0 spiro atoms. The summed E-state index contributed by atoms with van der Waals surface area (Å²) in [5, 5.41) is 14.0. The lowest BCUT2D eigenvalue weighted by molar-refractivity contribution is 0.0975. The minimum absolute atomic E-state index is 0.0147. The molecule has 0 aliphatic carbocycles. The van der Waals surface area contributed by atoms with Gasteiger partial charge in [-0.25, -0.2) is 9.97 Å². The van der Waals surface area contributed by atoms with E-state index in [9.17, 15) is 4.79 Å². The summed E-state index contributed by atoms with van der Waals surface area (Å²) in [6.45, 7) is 3.78. The van der Waals surface area contributed by atoms with Crippen LogP contribution in [0.15, 0.2) is 73.1 Å². The second-order valence-corrected chi connectivity index (χ2v) is 9.23. The highest BCUT2D eigenvalue weighted by molar-refractivity contribution is 6.10. The molecule has 180 valence electrons. The van der Waals surface area contributed by atoms with Crippen LogP contribution < -0.4 is 10.2 Å². The quantitative estimate of drug-likeness (QED) is 0.411. The summed E-state index contributed by atoms with van der Waals surface area (Å²) in [6.07, 6.45) is 6.62. The number of fused-ring (bicyclic) bond motifs is 2. The zero-order chi connectivity index (χ0) is 24.5. The Hall–Kier alpha value is -4.17. The van der Waals surface area contributed by atoms with E-state index in [-0.39, 0.29) is 11.9 Å². The SMILES string of the molecule is Cc1cccc2ccnc(N(C(=O)c3ccc(-n4nnc5cccnc54)cc3)[C@@H]3CCCCNC3)c12. The van der Waals surface area contributed by atoms with Gasteiger partial charge in [-0.05, 0) is 79.7 Å². The van der Waals surface area contributed by atoms with Crippen molar-refractivity contribution in [2.75, 3.05) is 18.0 Å². The third-order valence-electron chi connectivity index (χ3n) is 6.88. The molecule has 0 radical (unpaired) electrons. The molecular weight excluding hydrogens is 450 g/mol. The number of aryl methyl sites for hydroxylation is 1. The molecule has 1 atom stereocenters. The number of benzene rings is 2. The minimum atomic E-state index is -0.0555. The number of rotatable bonds is 4. The number of nitrogens with zero attached hydrogens (tertiary/aromatic N) is 6. The predicted octanol–water partition coefficient (Wildman–Crippen LogP) is 4.46. The number of hydrogen-bond acceptors (Lipinski definition) is 6. The van der Waals surface area contributed by atoms with E-state index < -0.39 is 0 Å². The lowest BCUT2D eigenvalue weighted by Gasteiger charge is -2.31. The summed E-state index contributed by atoms with van der Waals surface area (Å²) in [7, 11) is 0. The van der Waals surface area contributed by atoms with Crippen molar-refractivity contribution >= 4 is 33.7 Å². The molecule has 8 heteroatoms. The zero-order valence-electron chi connectivity index (χ0n) is 20.1.